The lowest BCUT2D eigenvalue weighted by atomic mass is 10.0. The molecule has 0 fully saturated rings. The van der Waals surface area contributed by atoms with Gasteiger partial charge in [-0.3, -0.25) is 10.1 Å². The number of aryl methyl sites for hydroxylation is 2. The molecule has 1 atom stereocenters. The van der Waals surface area contributed by atoms with Gasteiger partial charge in [0, 0.05) is 34.9 Å². The first kappa shape index (κ1) is 21.4. The molecule has 1 aliphatic heterocycles. The molecule has 0 amide bonds. The number of hydrogen-bond donors (Lipinski definition) is 1. The maximum Gasteiger partial charge on any atom is 0.269 e. The minimum absolute atomic E-state index is 0.0746. The normalized spacial score (nSPS) is 14.0. The Morgan fingerprint density at radius 3 is 2.10 bits per heavy atom. The minimum Gasteiger partial charge on any atom is -0.390 e. The molecule has 7 heteroatoms. The number of hydrogen-bond acceptors (Lipinski definition) is 6. The number of fused-ring (bicyclic) bond motifs is 2. The molecule has 0 aliphatic carbocycles. The summed E-state index contributed by atoms with van der Waals surface area (Å²) in [5, 5.41) is 21.7. The van der Waals surface area contributed by atoms with Crippen molar-refractivity contribution in [1.29, 1.82) is 0 Å². The number of aliphatic hydroxyl groups is 1. The third-order valence-electron chi connectivity index (χ3n) is 5.40. The average Bonchev–Trinajstić information content (AvgIpc) is 2.91. The average molecular weight is 436 g/mol. The van der Waals surface area contributed by atoms with E-state index >= 15 is 0 Å². The predicted molar refractivity (Wildman–Crippen MR) is 125 cm³/mol. The number of nitrogens with zero attached hydrogens (tertiary/aromatic N) is 3. The van der Waals surface area contributed by atoms with Crippen molar-refractivity contribution in [2.24, 2.45) is 0 Å². The summed E-state index contributed by atoms with van der Waals surface area (Å²) in [6.07, 6.45) is 1.39. The van der Waals surface area contributed by atoms with E-state index in [1.165, 1.54) is 35.2 Å². The molecule has 160 valence electrons. The van der Waals surface area contributed by atoms with E-state index in [1.807, 2.05) is 23.5 Å². The highest BCUT2D eigenvalue weighted by Gasteiger charge is 2.23. The summed E-state index contributed by atoms with van der Waals surface area (Å²) in [6.45, 7) is 0.946. The van der Waals surface area contributed by atoms with Crippen molar-refractivity contribution in [2.75, 3.05) is 25.0 Å². The molecule has 0 saturated carbocycles. The number of anilines is 2. The van der Waals surface area contributed by atoms with Crippen LogP contribution in [0.4, 0.5) is 17.1 Å². The fourth-order valence-corrected chi connectivity index (χ4v) is 4.84. The molecule has 1 aliphatic rings. The van der Waals surface area contributed by atoms with Crippen molar-refractivity contribution in [3.05, 3.63) is 94.0 Å². The zero-order chi connectivity index (χ0) is 21.8. The Morgan fingerprint density at radius 2 is 1.55 bits per heavy atom. The summed E-state index contributed by atoms with van der Waals surface area (Å²) in [6, 6.07) is 23.3. The van der Waals surface area contributed by atoms with E-state index in [2.05, 4.69) is 41.3 Å². The molecule has 6 nitrogen and oxygen atoms in total. The van der Waals surface area contributed by atoms with Gasteiger partial charge in [-0.15, -0.1) is 0 Å². The molecule has 3 aromatic carbocycles. The Morgan fingerprint density at radius 1 is 1.00 bits per heavy atom. The largest absolute Gasteiger partial charge is 0.390 e. The molecule has 0 spiro atoms. The highest BCUT2D eigenvalue weighted by atomic mass is 32.2. The molecular formula is C24H25N3O3S. The van der Waals surface area contributed by atoms with E-state index in [-0.39, 0.29) is 5.69 Å². The Labute approximate surface area is 186 Å². The first-order chi connectivity index (χ1) is 15.0. The van der Waals surface area contributed by atoms with Crippen LogP contribution in [0.1, 0.15) is 11.1 Å². The highest BCUT2D eigenvalue weighted by molar-refractivity contribution is 7.97. The van der Waals surface area contributed by atoms with Gasteiger partial charge in [-0.25, -0.2) is 4.31 Å². The molecule has 0 aromatic heterocycles. The van der Waals surface area contributed by atoms with E-state index in [0.29, 0.717) is 13.1 Å². The van der Waals surface area contributed by atoms with E-state index in [4.69, 9.17) is 0 Å². The van der Waals surface area contributed by atoms with Gasteiger partial charge in [0.2, 0.25) is 0 Å². The quantitative estimate of drug-likeness (QED) is 0.326. The van der Waals surface area contributed by atoms with Gasteiger partial charge in [-0.2, -0.15) is 0 Å². The molecule has 0 saturated heterocycles. The summed E-state index contributed by atoms with van der Waals surface area (Å²) in [7, 11) is 1.92. The number of nitro groups is 1. The predicted octanol–water partition coefficient (Wildman–Crippen LogP) is 4.83. The molecule has 3 aromatic rings. The van der Waals surface area contributed by atoms with Crippen LogP contribution >= 0.6 is 11.9 Å². The number of rotatable bonds is 7. The lowest BCUT2D eigenvalue weighted by molar-refractivity contribution is -0.384. The number of nitro benzene ring substituents is 1. The first-order valence-electron chi connectivity index (χ1n) is 10.3. The monoisotopic (exact) mass is 435 g/mol. The SMILES string of the molecule is CN(CC(O)CN1c2ccccc2CCc2ccccc21)Sc1ccc([N+](=O)[O-])cc1. The van der Waals surface area contributed by atoms with Crippen molar-refractivity contribution in [3.63, 3.8) is 0 Å². The maximum absolute atomic E-state index is 10.9. The Balaban J connectivity index is 1.46. The second-order valence-corrected chi connectivity index (χ2v) is 8.95. The van der Waals surface area contributed by atoms with Gasteiger partial charge in [0.25, 0.3) is 5.69 Å². The van der Waals surface area contributed by atoms with Crippen LogP contribution in [0, 0.1) is 10.1 Å². The molecule has 1 heterocycles. The first-order valence-corrected chi connectivity index (χ1v) is 11.0. The standard InChI is InChI=1S/C24H25N3O3S/c1-25(31-22-14-12-20(13-15-22)27(29)30)16-21(28)17-26-23-8-4-2-6-18(23)10-11-19-7-3-5-9-24(19)26/h2-9,12-15,21,28H,10-11,16-17H2,1H3. The fraction of sp³-hybridized carbons (Fsp3) is 0.250. The molecule has 31 heavy (non-hydrogen) atoms. The Hall–Kier alpha value is -2.87. The van der Waals surface area contributed by atoms with Gasteiger partial charge in [0.05, 0.1) is 17.6 Å². The van der Waals surface area contributed by atoms with Crippen LogP contribution in [0.15, 0.2) is 77.7 Å². The number of non-ortho nitro benzene ring substituents is 1. The third-order valence-corrected chi connectivity index (χ3v) is 6.34. The number of para-hydroxylation sites is 2. The van der Waals surface area contributed by atoms with Gasteiger partial charge < -0.3 is 10.0 Å². The van der Waals surface area contributed by atoms with Crippen LogP contribution in [0.5, 0.6) is 0 Å². The van der Waals surface area contributed by atoms with Crippen molar-refractivity contribution < 1.29 is 10.0 Å². The van der Waals surface area contributed by atoms with Crippen LogP contribution < -0.4 is 4.90 Å². The van der Waals surface area contributed by atoms with Crippen LogP contribution in [0.2, 0.25) is 0 Å². The topological polar surface area (TPSA) is 69.8 Å². The molecular weight excluding hydrogens is 410 g/mol. The fourth-order valence-electron chi connectivity index (χ4n) is 3.98. The Bertz CT molecular complexity index is 1010. The van der Waals surface area contributed by atoms with E-state index < -0.39 is 11.0 Å². The zero-order valence-corrected chi connectivity index (χ0v) is 18.2. The molecule has 0 radical (unpaired) electrons. The molecule has 4 rings (SSSR count). The molecule has 1 N–H and O–H groups in total. The molecule has 1 unspecified atom stereocenters. The van der Waals surface area contributed by atoms with Gasteiger partial charge in [0.1, 0.15) is 0 Å². The molecule has 0 bridgehead atoms. The lowest BCUT2D eigenvalue weighted by Gasteiger charge is -2.30. The summed E-state index contributed by atoms with van der Waals surface area (Å²) < 4.78 is 1.96. The van der Waals surface area contributed by atoms with Gasteiger partial charge >= 0.3 is 0 Å². The lowest BCUT2D eigenvalue weighted by Crippen LogP contribution is -2.35. The second-order valence-electron chi connectivity index (χ2n) is 7.67. The van der Waals surface area contributed by atoms with Crippen LogP contribution in [-0.2, 0) is 12.8 Å². The summed E-state index contributed by atoms with van der Waals surface area (Å²) in [5.74, 6) is 0. The third kappa shape index (κ3) is 5.07. The number of aliphatic hydroxyl groups excluding tert-OH is 1. The van der Waals surface area contributed by atoms with Gasteiger partial charge in [-0.1, -0.05) is 36.4 Å². The van der Waals surface area contributed by atoms with Crippen LogP contribution in [-0.4, -0.2) is 40.6 Å². The van der Waals surface area contributed by atoms with E-state index in [0.717, 1.165) is 29.1 Å². The summed E-state index contributed by atoms with van der Waals surface area (Å²) in [5.41, 5.74) is 4.96. The second kappa shape index (κ2) is 9.51. The van der Waals surface area contributed by atoms with Gasteiger partial charge in [-0.05, 0) is 67.2 Å². The van der Waals surface area contributed by atoms with E-state index in [1.54, 1.807) is 12.1 Å². The van der Waals surface area contributed by atoms with E-state index in [9.17, 15) is 15.2 Å². The van der Waals surface area contributed by atoms with Crippen molar-refractivity contribution >= 4 is 29.0 Å². The number of likely N-dealkylation sites (N-methyl/N-ethyl adjacent to an activating group) is 1. The van der Waals surface area contributed by atoms with Crippen LogP contribution in [0.3, 0.4) is 0 Å². The highest BCUT2D eigenvalue weighted by Crippen LogP contribution is 2.36. The number of β-amino-alcohol motifs (C(OH)–C–C–N with tert-alkyl or cyclic N) is 1. The van der Waals surface area contributed by atoms with Crippen molar-refractivity contribution in [2.45, 2.75) is 23.8 Å². The Kier molecular flexibility index (Phi) is 6.56. The summed E-state index contributed by atoms with van der Waals surface area (Å²) >= 11 is 1.46. The van der Waals surface area contributed by atoms with Crippen molar-refractivity contribution in [3.8, 4) is 0 Å². The van der Waals surface area contributed by atoms with Gasteiger partial charge in [0.15, 0.2) is 0 Å². The van der Waals surface area contributed by atoms with Crippen molar-refractivity contribution in [1.82, 2.24) is 4.31 Å². The smallest absolute Gasteiger partial charge is 0.269 e. The maximum atomic E-state index is 10.9. The van der Waals surface area contributed by atoms with Crippen LogP contribution in [0.25, 0.3) is 0 Å². The minimum atomic E-state index is -0.574. The zero-order valence-electron chi connectivity index (χ0n) is 17.3. The summed E-state index contributed by atoms with van der Waals surface area (Å²) in [4.78, 5) is 13.5. The number of benzene rings is 3.